The van der Waals surface area contributed by atoms with E-state index in [1.54, 1.807) is 13.8 Å². The van der Waals surface area contributed by atoms with Crippen molar-refractivity contribution in [2.24, 2.45) is 0 Å². The van der Waals surface area contributed by atoms with Crippen molar-refractivity contribution in [2.75, 3.05) is 38.5 Å². The Hall–Kier alpha value is -1.65. The van der Waals surface area contributed by atoms with Crippen LogP contribution >= 0.6 is 0 Å². The summed E-state index contributed by atoms with van der Waals surface area (Å²) in [7, 11) is -2.25. The van der Waals surface area contributed by atoms with Gasteiger partial charge in [-0.3, -0.25) is 9.69 Å². The summed E-state index contributed by atoms with van der Waals surface area (Å²) in [4.78, 5) is 13.3. The number of halogens is 3. The molecule has 0 bridgehead atoms. The molecule has 148 valence electrons. The van der Waals surface area contributed by atoms with Crippen LogP contribution in [0.1, 0.15) is 20.3 Å². The molecule has 0 aliphatic heterocycles. The molecule has 0 radical (unpaired) electrons. The Morgan fingerprint density at radius 1 is 1.19 bits per heavy atom. The fourth-order valence-electron chi connectivity index (χ4n) is 2.29. The molecule has 0 saturated heterocycles. The Labute approximate surface area is 152 Å². The van der Waals surface area contributed by atoms with E-state index in [9.17, 15) is 26.4 Å². The molecule has 0 aliphatic rings. The highest BCUT2D eigenvalue weighted by molar-refractivity contribution is 7.89. The summed E-state index contributed by atoms with van der Waals surface area (Å²) in [6, 6.07) is 5.79. The smallest absolute Gasteiger partial charge is 0.325 e. The second-order valence-electron chi connectivity index (χ2n) is 5.77. The SMILES string of the molecule is CCN(CC)S(=O)(=O)c1cccc(NC(=O)CN(C)CCC(F)(F)F)c1. The average molecular weight is 395 g/mol. The topological polar surface area (TPSA) is 69.7 Å². The summed E-state index contributed by atoms with van der Waals surface area (Å²) < 4.78 is 62.8. The van der Waals surface area contributed by atoms with Crippen molar-refractivity contribution >= 4 is 21.6 Å². The summed E-state index contributed by atoms with van der Waals surface area (Å²) in [5.74, 6) is -0.521. The van der Waals surface area contributed by atoms with Crippen LogP contribution in [-0.2, 0) is 14.8 Å². The minimum absolute atomic E-state index is 0.0458. The lowest BCUT2D eigenvalue weighted by Gasteiger charge is -2.19. The maximum Gasteiger partial charge on any atom is 0.390 e. The molecule has 1 aromatic rings. The van der Waals surface area contributed by atoms with E-state index in [-0.39, 0.29) is 23.7 Å². The highest BCUT2D eigenvalue weighted by Gasteiger charge is 2.27. The first-order valence-electron chi connectivity index (χ1n) is 8.15. The molecule has 6 nitrogen and oxygen atoms in total. The Morgan fingerprint density at radius 3 is 2.35 bits per heavy atom. The molecule has 0 heterocycles. The normalized spacial score (nSPS) is 12.6. The zero-order valence-electron chi connectivity index (χ0n) is 15.0. The fourth-order valence-corrected chi connectivity index (χ4v) is 3.79. The third-order valence-corrected chi connectivity index (χ3v) is 5.70. The van der Waals surface area contributed by atoms with Gasteiger partial charge in [0, 0.05) is 25.3 Å². The van der Waals surface area contributed by atoms with E-state index in [1.807, 2.05) is 0 Å². The van der Waals surface area contributed by atoms with Crippen LogP contribution in [0, 0.1) is 0 Å². The van der Waals surface area contributed by atoms with E-state index >= 15 is 0 Å². The van der Waals surface area contributed by atoms with Crippen LogP contribution in [0.25, 0.3) is 0 Å². The number of nitrogens with zero attached hydrogens (tertiary/aromatic N) is 2. The van der Waals surface area contributed by atoms with Gasteiger partial charge >= 0.3 is 6.18 Å². The van der Waals surface area contributed by atoms with Crippen molar-refractivity contribution < 1.29 is 26.4 Å². The molecule has 0 fully saturated rings. The largest absolute Gasteiger partial charge is 0.390 e. The summed E-state index contributed by atoms with van der Waals surface area (Å²) in [6.07, 6.45) is -5.29. The number of alkyl halides is 3. The maximum absolute atomic E-state index is 12.5. The molecule has 1 rings (SSSR count). The zero-order chi connectivity index (χ0) is 20.0. The van der Waals surface area contributed by atoms with Gasteiger partial charge in [0.2, 0.25) is 15.9 Å². The molecule has 1 N–H and O–H groups in total. The molecule has 1 aromatic carbocycles. The van der Waals surface area contributed by atoms with Crippen LogP contribution in [0.2, 0.25) is 0 Å². The van der Waals surface area contributed by atoms with E-state index in [0.29, 0.717) is 13.1 Å². The van der Waals surface area contributed by atoms with Crippen LogP contribution < -0.4 is 5.32 Å². The van der Waals surface area contributed by atoms with E-state index in [4.69, 9.17) is 0 Å². The molecular weight excluding hydrogens is 371 g/mol. The van der Waals surface area contributed by atoms with Gasteiger partial charge in [0.15, 0.2) is 0 Å². The van der Waals surface area contributed by atoms with Crippen molar-refractivity contribution in [1.82, 2.24) is 9.21 Å². The van der Waals surface area contributed by atoms with Gasteiger partial charge in [-0.2, -0.15) is 17.5 Å². The van der Waals surface area contributed by atoms with Crippen LogP contribution in [-0.4, -0.2) is 62.9 Å². The van der Waals surface area contributed by atoms with Gasteiger partial charge in [-0.15, -0.1) is 0 Å². The number of amides is 1. The highest BCUT2D eigenvalue weighted by Crippen LogP contribution is 2.20. The van der Waals surface area contributed by atoms with Gasteiger partial charge in [-0.25, -0.2) is 8.42 Å². The van der Waals surface area contributed by atoms with E-state index < -0.39 is 28.5 Å². The van der Waals surface area contributed by atoms with Crippen molar-refractivity contribution in [3.05, 3.63) is 24.3 Å². The van der Waals surface area contributed by atoms with Crippen molar-refractivity contribution in [2.45, 2.75) is 31.3 Å². The minimum atomic E-state index is -4.28. The van der Waals surface area contributed by atoms with Gasteiger partial charge in [0.25, 0.3) is 0 Å². The van der Waals surface area contributed by atoms with Crippen LogP contribution in [0.5, 0.6) is 0 Å². The van der Waals surface area contributed by atoms with Crippen molar-refractivity contribution in [3.8, 4) is 0 Å². The fraction of sp³-hybridized carbons (Fsp3) is 0.562. The molecule has 10 heteroatoms. The number of rotatable bonds is 9. The van der Waals surface area contributed by atoms with Gasteiger partial charge in [-0.05, 0) is 25.2 Å². The number of sulfonamides is 1. The Kier molecular flexibility index (Phi) is 8.04. The summed E-state index contributed by atoms with van der Waals surface area (Å²) in [6.45, 7) is 3.56. The number of carbonyl (C=O) groups excluding carboxylic acids is 1. The molecule has 0 saturated carbocycles. The predicted octanol–water partition coefficient (Wildman–Crippen LogP) is 2.54. The summed E-state index contributed by atoms with van der Waals surface area (Å²) in [5, 5.41) is 2.51. The second kappa shape index (κ2) is 9.33. The van der Waals surface area contributed by atoms with Crippen LogP contribution in [0.15, 0.2) is 29.2 Å². The number of nitrogens with one attached hydrogen (secondary N) is 1. The first-order valence-corrected chi connectivity index (χ1v) is 9.59. The first-order chi connectivity index (χ1) is 12.0. The summed E-state index contributed by atoms with van der Waals surface area (Å²) in [5.41, 5.74) is 0.271. The maximum atomic E-state index is 12.5. The number of carbonyl (C=O) groups is 1. The first kappa shape index (κ1) is 22.4. The monoisotopic (exact) mass is 395 g/mol. The quantitative estimate of drug-likeness (QED) is 0.698. The van der Waals surface area contributed by atoms with Crippen LogP contribution in [0.3, 0.4) is 0 Å². The summed E-state index contributed by atoms with van der Waals surface area (Å²) >= 11 is 0. The van der Waals surface area contributed by atoms with Gasteiger partial charge < -0.3 is 5.32 Å². The zero-order valence-corrected chi connectivity index (χ0v) is 15.8. The van der Waals surface area contributed by atoms with Crippen molar-refractivity contribution in [3.63, 3.8) is 0 Å². The third-order valence-electron chi connectivity index (χ3n) is 3.65. The molecule has 0 unspecified atom stereocenters. The predicted molar refractivity (Wildman–Crippen MR) is 93.3 cm³/mol. The average Bonchev–Trinajstić information content (AvgIpc) is 2.53. The Balaban J connectivity index is 2.76. The van der Waals surface area contributed by atoms with E-state index in [2.05, 4.69) is 5.32 Å². The number of anilines is 1. The Bertz CT molecular complexity index is 704. The lowest BCUT2D eigenvalue weighted by atomic mass is 10.3. The molecule has 26 heavy (non-hydrogen) atoms. The third kappa shape index (κ3) is 6.93. The number of hydrogen-bond donors (Lipinski definition) is 1. The molecule has 0 aromatic heterocycles. The Morgan fingerprint density at radius 2 is 1.81 bits per heavy atom. The lowest BCUT2D eigenvalue weighted by molar-refractivity contribution is -0.138. The van der Waals surface area contributed by atoms with Gasteiger partial charge in [-0.1, -0.05) is 19.9 Å². The lowest BCUT2D eigenvalue weighted by Crippen LogP contribution is -2.33. The number of likely N-dealkylation sites (N-methyl/N-ethyl adjacent to an activating group) is 1. The highest BCUT2D eigenvalue weighted by atomic mass is 32.2. The van der Waals surface area contributed by atoms with Crippen LogP contribution in [0.4, 0.5) is 18.9 Å². The van der Waals surface area contributed by atoms with Crippen molar-refractivity contribution in [1.29, 1.82) is 0 Å². The molecule has 0 atom stereocenters. The molecular formula is C16H24F3N3O3S. The second-order valence-corrected chi connectivity index (χ2v) is 7.71. The molecule has 1 amide bonds. The van der Waals surface area contributed by atoms with Gasteiger partial charge in [0.1, 0.15) is 0 Å². The number of hydrogen-bond acceptors (Lipinski definition) is 4. The molecule has 0 spiro atoms. The standard InChI is InChI=1S/C16H24F3N3O3S/c1-4-22(5-2)26(24,25)14-8-6-7-13(11-14)20-15(23)12-21(3)10-9-16(17,18)19/h6-8,11H,4-5,9-10,12H2,1-3H3,(H,20,23). The van der Waals surface area contributed by atoms with E-state index in [0.717, 1.165) is 0 Å². The van der Waals surface area contributed by atoms with E-state index in [1.165, 1.54) is 40.5 Å². The minimum Gasteiger partial charge on any atom is -0.325 e. The van der Waals surface area contributed by atoms with Gasteiger partial charge in [0.05, 0.1) is 17.9 Å². The molecule has 0 aliphatic carbocycles. The number of benzene rings is 1.